The van der Waals surface area contributed by atoms with Gasteiger partial charge in [0.2, 0.25) is 47.3 Å². The minimum atomic E-state index is -1.75. The number of aromatic hydroxyl groups is 1. The second-order valence-electron chi connectivity index (χ2n) is 23.4. The molecule has 7 unspecified atom stereocenters. The first-order valence-electron chi connectivity index (χ1n) is 30.8. The number of nitrogens with zero attached hydrogens (tertiary/aromatic N) is 3. The zero-order valence-corrected chi connectivity index (χ0v) is 53.5. The Morgan fingerprint density at radius 2 is 1.08 bits per heavy atom. The Morgan fingerprint density at radius 1 is 0.522 bits per heavy atom. The van der Waals surface area contributed by atoms with E-state index < -0.39 is 96.2 Å². The van der Waals surface area contributed by atoms with E-state index in [-0.39, 0.29) is 81.7 Å². The van der Waals surface area contributed by atoms with Crippen LogP contribution in [0, 0.1) is 5.92 Å². The van der Waals surface area contributed by atoms with Gasteiger partial charge in [-0.1, -0.05) is 112 Å². The molecule has 0 fully saturated rings. The van der Waals surface area contributed by atoms with Gasteiger partial charge in [0.25, 0.3) is 5.91 Å². The summed E-state index contributed by atoms with van der Waals surface area (Å²) in [5, 5.41) is 48.9. The van der Waals surface area contributed by atoms with Crippen molar-refractivity contribution in [2.45, 2.75) is 134 Å². The van der Waals surface area contributed by atoms with Gasteiger partial charge < -0.3 is 63.0 Å². The highest BCUT2D eigenvalue weighted by Gasteiger charge is 2.37. The number of unbranched alkanes of at least 4 members (excludes halogenated alkanes) is 1. The number of amides is 9. The number of phenolic OH excluding ortho intramolecular Hbond substituents is 1. The normalized spacial score (nSPS) is 13.5. The Kier molecular flexibility index (Phi) is 28.5. The summed E-state index contributed by atoms with van der Waals surface area (Å²) in [6.07, 6.45) is 6.43. The molecule has 0 radical (unpaired) electrons. The molecule has 9 amide bonds. The number of benzene rings is 4. The molecule has 0 aliphatic rings. The lowest BCUT2D eigenvalue weighted by Crippen LogP contribution is -2.61. The maximum absolute atomic E-state index is 15.0. The standard InChI is InChI=1S/C68H85ClN12O11/c1-42(2)33-55(62(86)74-32-31-72-43(3)4)77-63(87)54(17-9-10-30-73-61(85)51-16-12-29-71-40-51)76-67(91)60(38-46-21-26-53(84)27-22-46)81(6)68(92)59(41-82)80-66(90)58(37-48-13-11-28-70-39-48)79-65(89)57(35-45-19-24-52(69)25-20-45)78-64(88)56(75-44(5)83)36-47-18-23-49-14-7-8-15-50(49)34-47/h7-8,11-16,18-29,34,39-40,42-43,54-60,72,82,84H,9-10,17,30-33,35-38,41H2,1-6H3,(H,73,85)(H,74,86)(H,75,83)(H,76,91)(H,77,87)(H,78,88)(H,79,89)(H,80,90). The van der Waals surface area contributed by atoms with Gasteiger partial charge in [0.15, 0.2) is 0 Å². The van der Waals surface area contributed by atoms with Crippen LogP contribution in [-0.4, -0.2) is 160 Å². The molecule has 2 aromatic heterocycles. The van der Waals surface area contributed by atoms with Crippen molar-refractivity contribution in [1.29, 1.82) is 0 Å². The molecule has 11 N–H and O–H groups in total. The van der Waals surface area contributed by atoms with E-state index in [0.717, 1.165) is 21.2 Å². The Balaban J connectivity index is 1.26. The molecule has 0 aliphatic carbocycles. The van der Waals surface area contributed by atoms with Gasteiger partial charge in [-0.3, -0.25) is 53.1 Å². The molecule has 6 rings (SSSR count). The minimum absolute atomic E-state index is 0.0169. The van der Waals surface area contributed by atoms with Crippen LogP contribution in [-0.2, 0) is 64.0 Å². The number of pyridine rings is 2. The molecule has 0 saturated heterocycles. The van der Waals surface area contributed by atoms with Crippen LogP contribution in [0.3, 0.4) is 0 Å². The largest absolute Gasteiger partial charge is 0.508 e. The zero-order chi connectivity index (χ0) is 66.7. The number of aliphatic hydroxyl groups is 1. The van der Waals surface area contributed by atoms with Gasteiger partial charge in [0.05, 0.1) is 12.2 Å². The van der Waals surface area contributed by atoms with Gasteiger partial charge in [-0.05, 0) is 107 Å². The summed E-state index contributed by atoms with van der Waals surface area (Å²) in [4.78, 5) is 137. The van der Waals surface area contributed by atoms with Crippen molar-refractivity contribution in [3.05, 3.63) is 173 Å². The predicted octanol–water partition coefficient (Wildman–Crippen LogP) is 3.77. The number of carbonyl (C=O) groups excluding carboxylic acids is 9. The van der Waals surface area contributed by atoms with Crippen molar-refractivity contribution in [2.24, 2.45) is 5.92 Å². The van der Waals surface area contributed by atoms with Crippen LogP contribution < -0.4 is 47.9 Å². The molecule has 92 heavy (non-hydrogen) atoms. The Bertz CT molecular complexity index is 3420. The van der Waals surface area contributed by atoms with E-state index >= 15 is 0 Å². The Morgan fingerprint density at radius 3 is 1.68 bits per heavy atom. The van der Waals surface area contributed by atoms with Gasteiger partial charge >= 0.3 is 0 Å². The summed E-state index contributed by atoms with van der Waals surface area (Å²) in [5.74, 6) is -6.37. The third kappa shape index (κ3) is 23.5. The molecule has 0 bridgehead atoms. The van der Waals surface area contributed by atoms with Crippen molar-refractivity contribution in [3.63, 3.8) is 0 Å². The first-order chi connectivity index (χ1) is 44.1. The molecule has 490 valence electrons. The molecular formula is C68H85ClN12O11. The molecule has 0 saturated carbocycles. The summed E-state index contributed by atoms with van der Waals surface area (Å²) in [6, 6.07) is 22.9. The maximum Gasteiger partial charge on any atom is 0.252 e. The molecule has 4 aromatic carbocycles. The van der Waals surface area contributed by atoms with Crippen LogP contribution in [0.15, 0.2) is 140 Å². The van der Waals surface area contributed by atoms with E-state index in [1.165, 1.54) is 56.8 Å². The van der Waals surface area contributed by atoms with Crippen LogP contribution in [0.25, 0.3) is 10.8 Å². The second kappa shape index (κ2) is 36.5. The fourth-order valence-corrected chi connectivity index (χ4v) is 10.3. The van der Waals surface area contributed by atoms with E-state index in [9.17, 15) is 53.4 Å². The number of hydrogen-bond donors (Lipinski definition) is 11. The Labute approximate surface area is 541 Å². The predicted molar refractivity (Wildman–Crippen MR) is 349 cm³/mol. The van der Waals surface area contributed by atoms with Crippen molar-refractivity contribution in [1.82, 2.24) is 62.7 Å². The van der Waals surface area contributed by atoms with E-state index in [1.807, 2.05) is 70.2 Å². The summed E-state index contributed by atoms with van der Waals surface area (Å²) in [6.45, 7) is 8.97. The summed E-state index contributed by atoms with van der Waals surface area (Å²) in [5.41, 5.74) is 2.60. The van der Waals surface area contributed by atoms with Crippen LogP contribution >= 0.6 is 11.6 Å². The smallest absolute Gasteiger partial charge is 0.252 e. The second-order valence-corrected chi connectivity index (χ2v) is 23.8. The van der Waals surface area contributed by atoms with Crippen LogP contribution in [0.5, 0.6) is 5.75 Å². The highest BCUT2D eigenvalue weighted by atomic mass is 35.5. The van der Waals surface area contributed by atoms with E-state index in [2.05, 4.69) is 57.8 Å². The van der Waals surface area contributed by atoms with Crippen molar-refractivity contribution in [2.75, 3.05) is 33.3 Å². The number of fused-ring (bicyclic) bond motifs is 1. The number of aromatic nitrogens is 2. The molecule has 24 heteroatoms. The third-order valence-electron chi connectivity index (χ3n) is 15.1. The number of rotatable bonds is 35. The summed E-state index contributed by atoms with van der Waals surface area (Å²) < 4.78 is 0. The van der Waals surface area contributed by atoms with Crippen LogP contribution in [0.4, 0.5) is 0 Å². The number of phenols is 1. The van der Waals surface area contributed by atoms with Crippen molar-refractivity contribution in [3.8, 4) is 5.75 Å². The lowest BCUT2D eigenvalue weighted by atomic mass is 9.99. The highest BCUT2D eigenvalue weighted by molar-refractivity contribution is 6.30. The summed E-state index contributed by atoms with van der Waals surface area (Å²) in [7, 11) is 1.28. The van der Waals surface area contributed by atoms with Gasteiger partial charge in [0, 0.05) is 95.1 Å². The lowest BCUT2D eigenvalue weighted by molar-refractivity contribution is -0.144. The van der Waals surface area contributed by atoms with Gasteiger partial charge in [-0.25, -0.2) is 0 Å². The van der Waals surface area contributed by atoms with Crippen LogP contribution in [0.1, 0.15) is 92.9 Å². The SMILES string of the molecule is CC(=O)NC(Cc1ccc2ccccc2c1)C(=O)NC(Cc1ccc(Cl)cc1)C(=O)NC(Cc1cccnc1)C(=O)NC(CO)C(=O)N(C)C(Cc1ccc(O)cc1)C(=O)NC(CCCCNC(=O)c1cccnc1)C(=O)NC(CC(C)C)C(=O)NCCNC(C)C. The lowest BCUT2D eigenvalue weighted by Gasteiger charge is -2.32. The quantitative estimate of drug-likeness (QED) is 0.0253. The molecule has 6 aromatic rings. The summed E-state index contributed by atoms with van der Waals surface area (Å²) >= 11 is 6.23. The molecular weight excluding hydrogens is 1200 g/mol. The first kappa shape index (κ1) is 71.8. The topological polar surface area (TPSA) is 331 Å². The molecule has 0 aliphatic heterocycles. The number of hydrogen-bond acceptors (Lipinski definition) is 14. The van der Waals surface area contributed by atoms with E-state index in [4.69, 9.17) is 11.6 Å². The number of aliphatic hydroxyl groups excluding tert-OH is 1. The number of carbonyl (C=O) groups is 9. The van der Waals surface area contributed by atoms with E-state index in [0.29, 0.717) is 40.2 Å². The number of halogens is 1. The average Bonchev–Trinajstić information content (AvgIpc) is 0.939. The number of nitrogens with one attached hydrogen (secondary N) is 9. The third-order valence-corrected chi connectivity index (χ3v) is 15.3. The Hall–Kier alpha value is -9.32. The highest BCUT2D eigenvalue weighted by Crippen LogP contribution is 2.20. The van der Waals surface area contributed by atoms with Crippen LogP contribution in [0.2, 0.25) is 5.02 Å². The minimum Gasteiger partial charge on any atom is -0.508 e. The molecule has 23 nitrogen and oxygen atoms in total. The fourth-order valence-electron chi connectivity index (χ4n) is 10.2. The first-order valence-corrected chi connectivity index (χ1v) is 31.2. The fraction of sp³-hybridized carbons (Fsp3) is 0.397. The van der Waals surface area contributed by atoms with Crippen molar-refractivity contribution < 1.29 is 53.4 Å². The molecule has 7 atom stereocenters. The van der Waals surface area contributed by atoms with Gasteiger partial charge in [0.1, 0.15) is 48.0 Å². The monoisotopic (exact) mass is 1280 g/mol. The molecule has 2 heterocycles. The average molecular weight is 1280 g/mol. The van der Waals surface area contributed by atoms with Crippen molar-refractivity contribution >= 4 is 75.5 Å². The van der Waals surface area contributed by atoms with E-state index in [1.54, 1.807) is 54.7 Å². The van der Waals surface area contributed by atoms with Gasteiger partial charge in [-0.15, -0.1) is 0 Å². The zero-order valence-electron chi connectivity index (χ0n) is 52.7. The molecule has 0 spiro atoms. The number of likely N-dealkylation sites (N-methyl/N-ethyl adjacent to an activating group) is 1. The maximum atomic E-state index is 15.0. The van der Waals surface area contributed by atoms with Gasteiger partial charge in [-0.2, -0.15) is 0 Å².